The third-order valence-electron chi connectivity index (χ3n) is 7.18. The fourth-order valence-corrected chi connectivity index (χ4v) is 5.22. The number of ether oxygens (including phenoxy) is 3. The number of rotatable bonds is 8. The number of benzene rings is 2. The number of nitrogens with zero attached hydrogens (tertiary/aromatic N) is 3. The Morgan fingerprint density at radius 3 is 2.59 bits per heavy atom. The van der Waals surface area contributed by atoms with E-state index in [2.05, 4.69) is 32.0 Å². The van der Waals surface area contributed by atoms with E-state index in [-0.39, 0.29) is 24.5 Å². The third kappa shape index (κ3) is 5.80. The Morgan fingerprint density at radius 1 is 1.05 bits per heavy atom. The molecule has 0 aromatic heterocycles. The first-order valence-electron chi connectivity index (χ1n) is 13.0. The van der Waals surface area contributed by atoms with Gasteiger partial charge in [-0.1, -0.05) is 24.1 Å². The van der Waals surface area contributed by atoms with Crippen LogP contribution < -0.4 is 9.47 Å². The van der Waals surface area contributed by atoms with Crippen molar-refractivity contribution in [3.8, 4) is 11.5 Å². The Morgan fingerprint density at radius 2 is 1.86 bits per heavy atom. The number of amides is 1. The minimum Gasteiger partial charge on any atom is -0.497 e. The molecule has 0 radical (unpaired) electrons. The molecule has 0 unspecified atom stereocenters. The molecule has 0 spiro atoms. The molecule has 37 heavy (non-hydrogen) atoms. The third-order valence-corrected chi connectivity index (χ3v) is 7.18. The van der Waals surface area contributed by atoms with Crippen molar-refractivity contribution < 1.29 is 23.8 Å². The number of likely N-dealkylation sites (tertiary alicyclic amines) is 1. The number of esters is 1. The van der Waals surface area contributed by atoms with Crippen LogP contribution in [0.2, 0.25) is 0 Å². The highest BCUT2D eigenvalue weighted by molar-refractivity contribution is 6.04. The highest BCUT2D eigenvalue weighted by atomic mass is 16.5. The maximum absolute atomic E-state index is 13.9. The van der Waals surface area contributed by atoms with Crippen molar-refractivity contribution in [2.45, 2.75) is 58.5 Å². The normalized spacial score (nSPS) is 19.9. The van der Waals surface area contributed by atoms with Crippen molar-refractivity contribution in [1.29, 1.82) is 0 Å². The molecule has 2 heterocycles. The van der Waals surface area contributed by atoms with Crippen molar-refractivity contribution in [2.75, 3.05) is 33.9 Å². The van der Waals surface area contributed by atoms with Crippen LogP contribution >= 0.6 is 0 Å². The molecule has 4 rings (SSSR count). The van der Waals surface area contributed by atoms with Crippen LogP contribution in [0.25, 0.3) is 0 Å². The van der Waals surface area contributed by atoms with E-state index in [4.69, 9.17) is 19.3 Å². The van der Waals surface area contributed by atoms with Crippen LogP contribution in [0.1, 0.15) is 60.9 Å². The number of hydrazone groups is 1. The van der Waals surface area contributed by atoms with E-state index >= 15 is 0 Å². The molecule has 1 fully saturated rings. The first kappa shape index (κ1) is 26.7. The standard InChI is InChI=1S/C29H37N3O5/c1-6-37-29(34)25-9-7-8-14-31(25)18-28(33)32-26(23-16-21(35-4)12-13-27(23)36-5)17-24(30-32)22-15-19(2)10-11-20(22)3/h10-13,15-16,25-26H,6-9,14,17-18H2,1-5H3/t25-,26+/m0/s1. The van der Waals surface area contributed by atoms with Gasteiger partial charge in [-0.3, -0.25) is 14.5 Å². The van der Waals surface area contributed by atoms with E-state index < -0.39 is 6.04 Å². The lowest BCUT2D eigenvalue weighted by Gasteiger charge is -2.34. The van der Waals surface area contributed by atoms with E-state index in [9.17, 15) is 9.59 Å². The van der Waals surface area contributed by atoms with E-state index in [1.165, 1.54) is 0 Å². The largest absolute Gasteiger partial charge is 0.497 e. The molecular formula is C29H37N3O5. The first-order chi connectivity index (χ1) is 17.9. The predicted molar refractivity (Wildman–Crippen MR) is 142 cm³/mol. The van der Waals surface area contributed by atoms with Crippen LogP contribution in [0.15, 0.2) is 41.5 Å². The zero-order valence-corrected chi connectivity index (χ0v) is 22.5. The number of carbonyl (C=O) groups is 2. The van der Waals surface area contributed by atoms with Crippen molar-refractivity contribution in [3.63, 3.8) is 0 Å². The number of hydrogen-bond acceptors (Lipinski definition) is 7. The molecule has 0 N–H and O–H groups in total. The van der Waals surface area contributed by atoms with Gasteiger partial charge in [0, 0.05) is 17.5 Å². The van der Waals surface area contributed by atoms with Crippen molar-refractivity contribution >= 4 is 17.6 Å². The second-order valence-electron chi connectivity index (χ2n) is 9.67. The molecule has 2 atom stereocenters. The molecule has 198 valence electrons. The van der Waals surface area contributed by atoms with Crippen LogP contribution in [-0.4, -0.2) is 67.5 Å². The molecule has 0 aliphatic carbocycles. The molecular weight excluding hydrogens is 470 g/mol. The lowest BCUT2D eigenvalue weighted by Crippen LogP contribution is -2.49. The van der Waals surface area contributed by atoms with Crippen molar-refractivity contribution in [2.24, 2.45) is 5.10 Å². The Balaban J connectivity index is 1.70. The highest BCUT2D eigenvalue weighted by Crippen LogP contribution is 2.40. The van der Waals surface area contributed by atoms with E-state index in [0.29, 0.717) is 37.5 Å². The second-order valence-corrected chi connectivity index (χ2v) is 9.67. The van der Waals surface area contributed by atoms with Gasteiger partial charge < -0.3 is 14.2 Å². The lowest BCUT2D eigenvalue weighted by molar-refractivity contribution is -0.152. The maximum Gasteiger partial charge on any atom is 0.323 e. The molecule has 1 amide bonds. The Kier molecular flexibility index (Phi) is 8.48. The van der Waals surface area contributed by atoms with Gasteiger partial charge in [-0.05, 0) is 70.0 Å². The molecule has 8 heteroatoms. The van der Waals surface area contributed by atoms with Gasteiger partial charge in [0.05, 0.1) is 39.1 Å². The molecule has 1 saturated heterocycles. The Bertz CT molecular complexity index is 1180. The smallest absolute Gasteiger partial charge is 0.323 e. The van der Waals surface area contributed by atoms with Gasteiger partial charge in [-0.15, -0.1) is 0 Å². The minimum absolute atomic E-state index is 0.0931. The van der Waals surface area contributed by atoms with Gasteiger partial charge in [0.25, 0.3) is 5.91 Å². The molecule has 0 bridgehead atoms. The molecule has 2 aromatic rings. The molecule has 2 aliphatic rings. The highest BCUT2D eigenvalue weighted by Gasteiger charge is 2.38. The van der Waals surface area contributed by atoms with Gasteiger partial charge >= 0.3 is 5.97 Å². The molecule has 2 aromatic carbocycles. The monoisotopic (exact) mass is 507 g/mol. The topological polar surface area (TPSA) is 80.7 Å². The summed E-state index contributed by atoms with van der Waals surface area (Å²) in [5, 5.41) is 6.46. The van der Waals surface area contributed by atoms with E-state index in [0.717, 1.165) is 40.8 Å². The summed E-state index contributed by atoms with van der Waals surface area (Å²) < 4.78 is 16.5. The summed E-state index contributed by atoms with van der Waals surface area (Å²) in [6.07, 6.45) is 3.11. The van der Waals surface area contributed by atoms with E-state index in [1.807, 2.05) is 23.1 Å². The summed E-state index contributed by atoms with van der Waals surface area (Å²) in [6.45, 7) is 7.00. The van der Waals surface area contributed by atoms with Crippen LogP contribution in [-0.2, 0) is 14.3 Å². The maximum atomic E-state index is 13.9. The molecule has 2 aliphatic heterocycles. The zero-order chi connectivity index (χ0) is 26.5. The predicted octanol–water partition coefficient (Wildman–Crippen LogP) is 4.42. The Hall–Kier alpha value is -3.39. The number of methoxy groups -OCH3 is 2. The van der Waals surface area contributed by atoms with Crippen LogP contribution in [0.4, 0.5) is 0 Å². The summed E-state index contributed by atoms with van der Waals surface area (Å²) >= 11 is 0. The van der Waals surface area contributed by atoms with Crippen molar-refractivity contribution in [3.05, 3.63) is 58.7 Å². The summed E-state index contributed by atoms with van der Waals surface area (Å²) in [7, 11) is 3.24. The van der Waals surface area contributed by atoms with Gasteiger partial charge in [0.2, 0.25) is 0 Å². The fraction of sp³-hybridized carbons (Fsp3) is 0.483. The summed E-state index contributed by atoms with van der Waals surface area (Å²) in [5.74, 6) is 0.929. The number of aryl methyl sites for hydroxylation is 2. The fourth-order valence-electron chi connectivity index (χ4n) is 5.22. The van der Waals surface area contributed by atoms with Gasteiger partial charge in [0.1, 0.15) is 17.5 Å². The van der Waals surface area contributed by atoms with Crippen LogP contribution in [0.3, 0.4) is 0 Å². The summed E-state index contributed by atoms with van der Waals surface area (Å²) in [5.41, 5.74) is 4.96. The second kappa shape index (κ2) is 11.8. The number of piperidine rings is 1. The number of carbonyl (C=O) groups excluding carboxylic acids is 2. The van der Waals surface area contributed by atoms with Crippen LogP contribution in [0, 0.1) is 13.8 Å². The summed E-state index contributed by atoms with van der Waals surface area (Å²) in [4.78, 5) is 28.4. The minimum atomic E-state index is -0.410. The Labute approximate surface area is 219 Å². The van der Waals surface area contributed by atoms with E-state index in [1.54, 1.807) is 26.2 Å². The average molecular weight is 508 g/mol. The van der Waals surface area contributed by atoms with Gasteiger partial charge in [0.15, 0.2) is 0 Å². The van der Waals surface area contributed by atoms with Gasteiger partial charge in [-0.2, -0.15) is 5.10 Å². The summed E-state index contributed by atoms with van der Waals surface area (Å²) in [6, 6.07) is 11.1. The van der Waals surface area contributed by atoms with Crippen molar-refractivity contribution in [1.82, 2.24) is 9.91 Å². The quantitative estimate of drug-likeness (QED) is 0.492. The van der Waals surface area contributed by atoms with Gasteiger partial charge in [-0.25, -0.2) is 5.01 Å². The zero-order valence-electron chi connectivity index (χ0n) is 22.5. The molecule has 8 nitrogen and oxygen atoms in total. The first-order valence-corrected chi connectivity index (χ1v) is 13.0. The SMILES string of the molecule is CCOC(=O)[C@@H]1CCCCN1CC(=O)N1N=C(c2cc(C)ccc2C)C[C@@H]1c1cc(OC)ccc1OC. The lowest BCUT2D eigenvalue weighted by atomic mass is 9.94. The average Bonchev–Trinajstić information content (AvgIpc) is 3.35. The number of hydrogen-bond donors (Lipinski definition) is 0. The van der Waals surface area contributed by atoms with Crippen LogP contribution in [0.5, 0.6) is 11.5 Å². The molecule has 0 saturated carbocycles.